The van der Waals surface area contributed by atoms with Gasteiger partial charge in [-0.3, -0.25) is 14.4 Å². The number of hydrogen-bond acceptors (Lipinski definition) is 5. The molecule has 2 aromatic rings. The molecule has 1 N–H and O–H groups in total. The standard InChI is InChI=1S/C19H14N2O5/c22-16(20-13-9-10-13)11-5-7-12(8-6-11)19(25)26-21-17(23)14-3-1-2-4-15(14)18(21)24/h1-8,13H,9-10H2,(H,20,22). The van der Waals surface area contributed by atoms with Crippen LogP contribution in [0.25, 0.3) is 0 Å². The summed E-state index contributed by atoms with van der Waals surface area (Å²) in [6.07, 6.45) is 1.97. The number of nitrogens with one attached hydrogen (secondary N) is 1. The predicted molar refractivity (Wildman–Crippen MR) is 89.3 cm³/mol. The van der Waals surface area contributed by atoms with Crippen molar-refractivity contribution in [1.82, 2.24) is 10.4 Å². The average molecular weight is 350 g/mol. The van der Waals surface area contributed by atoms with Gasteiger partial charge < -0.3 is 10.2 Å². The van der Waals surface area contributed by atoms with Crippen LogP contribution in [-0.2, 0) is 4.84 Å². The molecule has 1 aliphatic heterocycles. The number of carbonyl (C=O) groups excluding carboxylic acids is 4. The molecule has 1 heterocycles. The minimum Gasteiger partial charge on any atom is -0.349 e. The van der Waals surface area contributed by atoms with Crippen LogP contribution < -0.4 is 5.32 Å². The number of hydrogen-bond donors (Lipinski definition) is 1. The second-order valence-corrected chi connectivity index (χ2v) is 6.15. The maximum absolute atomic E-state index is 12.2. The Morgan fingerprint density at radius 1 is 0.885 bits per heavy atom. The van der Waals surface area contributed by atoms with E-state index in [1.165, 1.54) is 36.4 Å². The molecule has 2 aromatic carbocycles. The van der Waals surface area contributed by atoms with E-state index in [9.17, 15) is 19.2 Å². The highest BCUT2D eigenvalue weighted by Crippen LogP contribution is 2.23. The fraction of sp³-hybridized carbons (Fsp3) is 0.158. The monoisotopic (exact) mass is 350 g/mol. The first-order valence-corrected chi connectivity index (χ1v) is 8.15. The Morgan fingerprint density at radius 2 is 1.42 bits per heavy atom. The van der Waals surface area contributed by atoms with Crippen LogP contribution in [0.5, 0.6) is 0 Å². The Morgan fingerprint density at radius 3 is 1.96 bits per heavy atom. The number of benzene rings is 2. The number of imide groups is 1. The summed E-state index contributed by atoms with van der Waals surface area (Å²) in [6.45, 7) is 0. The number of amides is 3. The Labute approximate surface area is 148 Å². The summed E-state index contributed by atoms with van der Waals surface area (Å²) in [5.41, 5.74) is 0.938. The summed E-state index contributed by atoms with van der Waals surface area (Å²) in [6, 6.07) is 12.3. The largest absolute Gasteiger partial charge is 0.363 e. The molecule has 26 heavy (non-hydrogen) atoms. The van der Waals surface area contributed by atoms with Gasteiger partial charge in [-0.05, 0) is 49.2 Å². The third-order valence-corrected chi connectivity index (χ3v) is 4.23. The van der Waals surface area contributed by atoms with Crippen molar-refractivity contribution in [1.29, 1.82) is 0 Å². The first-order valence-electron chi connectivity index (χ1n) is 8.15. The molecule has 7 heteroatoms. The van der Waals surface area contributed by atoms with Crippen molar-refractivity contribution in [3.63, 3.8) is 0 Å². The first-order chi connectivity index (χ1) is 12.5. The first kappa shape index (κ1) is 16.0. The third kappa shape index (κ3) is 2.83. The topological polar surface area (TPSA) is 92.8 Å². The fourth-order valence-corrected chi connectivity index (χ4v) is 2.64. The lowest BCUT2D eigenvalue weighted by molar-refractivity contribution is -0.0584. The van der Waals surface area contributed by atoms with Gasteiger partial charge in [0.2, 0.25) is 0 Å². The lowest BCUT2D eigenvalue weighted by Crippen LogP contribution is -2.32. The molecule has 0 radical (unpaired) electrons. The van der Waals surface area contributed by atoms with Gasteiger partial charge in [0.15, 0.2) is 0 Å². The van der Waals surface area contributed by atoms with Crippen LogP contribution in [0.1, 0.15) is 54.3 Å². The molecule has 0 atom stereocenters. The van der Waals surface area contributed by atoms with Gasteiger partial charge in [-0.1, -0.05) is 17.2 Å². The Kier molecular flexibility index (Phi) is 3.76. The minimum absolute atomic E-state index is 0.129. The Bertz CT molecular complexity index is 896. The zero-order valence-corrected chi connectivity index (χ0v) is 13.6. The molecule has 7 nitrogen and oxygen atoms in total. The van der Waals surface area contributed by atoms with Gasteiger partial charge in [-0.25, -0.2) is 4.79 Å². The van der Waals surface area contributed by atoms with Crippen LogP contribution in [0.4, 0.5) is 0 Å². The SMILES string of the molecule is O=C(NC1CC1)c1ccc(C(=O)ON2C(=O)c3ccccc3C2=O)cc1. The molecule has 2 aliphatic rings. The predicted octanol–water partition coefficient (Wildman–Crippen LogP) is 1.95. The van der Waals surface area contributed by atoms with Crippen LogP contribution >= 0.6 is 0 Å². The second-order valence-electron chi connectivity index (χ2n) is 6.15. The van der Waals surface area contributed by atoms with Crippen molar-refractivity contribution in [2.75, 3.05) is 0 Å². The highest BCUT2D eigenvalue weighted by molar-refractivity contribution is 6.21. The Balaban J connectivity index is 1.46. The zero-order chi connectivity index (χ0) is 18.3. The lowest BCUT2D eigenvalue weighted by Gasteiger charge is -2.12. The van der Waals surface area contributed by atoms with E-state index in [1.807, 2.05) is 0 Å². The molecule has 0 bridgehead atoms. The summed E-state index contributed by atoms with van der Waals surface area (Å²) in [5, 5.41) is 3.31. The van der Waals surface area contributed by atoms with E-state index in [-0.39, 0.29) is 28.6 Å². The number of fused-ring (bicyclic) bond motifs is 1. The van der Waals surface area contributed by atoms with Crippen molar-refractivity contribution < 1.29 is 24.0 Å². The molecular formula is C19H14N2O5. The molecule has 0 spiro atoms. The third-order valence-electron chi connectivity index (χ3n) is 4.23. The van der Waals surface area contributed by atoms with Crippen molar-refractivity contribution in [3.8, 4) is 0 Å². The lowest BCUT2D eigenvalue weighted by atomic mass is 10.1. The van der Waals surface area contributed by atoms with Crippen LogP contribution in [-0.4, -0.2) is 34.8 Å². The number of carbonyl (C=O) groups is 4. The molecule has 3 amide bonds. The second kappa shape index (κ2) is 6.11. The molecule has 1 saturated carbocycles. The summed E-state index contributed by atoms with van der Waals surface area (Å²) in [7, 11) is 0. The summed E-state index contributed by atoms with van der Waals surface area (Å²) in [5.74, 6) is -2.42. The van der Waals surface area contributed by atoms with Crippen molar-refractivity contribution in [2.24, 2.45) is 0 Å². The molecule has 1 fully saturated rings. The van der Waals surface area contributed by atoms with Crippen molar-refractivity contribution in [2.45, 2.75) is 18.9 Å². The van der Waals surface area contributed by atoms with Crippen molar-refractivity contribution in [3.05, 3.63) is 70.8 Å². The van der Waals surface area contributed by atoms with Gasteiger partial charge in [-0.2, -0.15) is 0 Å². The number of hydroxylamine groups is 2. The maximum atomic E-state index is 12.2. The maximum Gasteiger partial charge on any atom is 0.363 e. The van der Waals surface area contributed by atoms with E-state index < -0.39 is 17.8 Å². The smallest absolute Gasteiger partial charge is 0.349 e. The number of nitrogens with zero attached hydrogens (tertiary/aromatic N) is 1. The average Bonchev–Trinajstić information content (AvgIpc) is 3.45. The summed E-state index contributed by atoms with van der Waals surface area (Å²) < 4.78 is 0. The highest BCUT2D eigenvalue weighted by atomic mass is 16.7. The normalized spacial score (nSPS) is 15.6. The summed E-state index contributed by atoms with van der Waals surface area (Å²) >= 11 is 0. The molecule has 130 valence electrons. The molecule has 4 rings (SSSR count). The van der Waals surface area contributed by atoms with Gasteiger partial charge in [0, 0.05) is 11.6 Å². The highest BCUT2D eigenvalue weighted by Gasteiger charge is 2.38. The Hall–Kier alpha value is -3.48. The van der Waals surface area contributed by atoms with Gasteiger partial charge in [0.05, 0.1) is 16.7 Å². The van der Waals surface area contributed by atoms with E-state index >= 15 is 0 Å². The van der Waals surface area contributed by atoms with E-state index in [0.717, 1.165) is 12.8 Å². The van der Waals surface area contributed by atoms with Gasteiger partial charge >= 0.3 is 5.97 Å². The van der Waals surface area contributed by atoms with Gasteiger partial charge in [-0.15, -0.1) is 0 Å². The number of rotatable bonds is 4. The molecular weight excluding hydrogens is 336 g/mol. The quantitative estimate of drug-likeness (QED) is 0.851. The molecule has 1 aliphatic carbocycles. The van der Waals surface area contributed by atoms with Gasteiger partial charge in [0.25, 0.3) is 17.7 Å². The van der Waals surface area contributed by atoms with E-state index in [1.54, 1.807) is 12.1 Å². The summed E-state index contributed by atoms with van der Waals surface area (Å²) in [4.78, 5) is 53.6. The molecule has 0 aromatic heterocycles. The molecule has 0 saturated heterocycles. The van der Waals surface area contributed by atoms with E-state index in [0.29, 0.717) is 10.6 Å². The van der Waals surface area contributed by atoms with Crippen LogP contribution in [0, 0.1) is 0 Å². The van der Waals surface area contributed by atoms with Crippen LogP contribution in [0.15, 0.2) is 48.5 Å². The van der Waals surface area contributed by atoms with Crippen LogP contribution in [0.2, 0.25) is 0 Å². The zero-order valence-electron chi connectivity index (χ0n) is 13.6. The minimum atomic E-state index is -0.853. The van der Waals surface area contributed by atoms with E-state index in [4.69, 9.17) is 4.84 Å². The van der Waals surface area contributed by atoms with Crippen molar-refractivity contribution >= 4 is 23.7 Å². The van der Waals surface area contributed by atoms with Crippen LogP contribution in [0.3, 0.4) is 0 Å². The van der Waals surface area contributed by atoms with Gasteiger partial charge in [0.1, 0.15) is 0 Å². The molecule has 0 unspecified atom stereocenters. The fourth-order valence-electron chi connectivity index (χ4n) is 2.64. The van der Waals surface area contributed by atoms with E-state index in [2.05, 4.69) is 5.32 Å².